The molecule has 0 aliphatic carbocycles. The smallest absolute Gasteiger partial charge is 0.276 e. The Morgan fingerprint density at radius 3 is 2.79 bits per heavy atom. The van der Waals surface area contributed by atoms with Crippen LogP contribution in [0.15, 0.2) is 0 Å². The van der Waals surface area contributed by atoms with Gasteiger partial charge >= 0.3 is 0 Å². The topological polar surface area (TPSA) is 70.2 Å². The first-order chi connectivity index (χ1) is 6.55. The van der Waals surface area contributed by atoms with Crippen LogP contribution in [0.25, 0.3) is 0 Å². The van der Waals surface area contributed by atoms with E-state index in [-0.39, 0.29) is 0 Å². The predicted molar refractivity (Wildman–Crippen MR) is 56.1 cm³/mol. The van der Waals surface area contributed by atoms with Gasteiger partial charge in [-0.25, -0.2) is 9.44 Å². The average molecular weight is 221 g/mol. The highest BCUT2D eigenvalue weighted by atomic mass is 32.2. The van der Waals surface area contributed by atoms with Crippen LogP contribution >= 0.6 is 0 Å². The molecule has 5 nitrogen and oxygen atoms in total. The molecule has 1 heterocycles. The second-order valence-electron chi connectivity index (χ2n) is 3.79. The molecule has 0 bridgehead atoms. The van der Waals surface area contributed by atoms with Gasteiger partial charge in [-0.2, -0.15) is 8.42 Å². The van der Waals surface area contributed by atoms with Gasteiger partial charge in [-0.3, -0.25) is 0 Å². The third-order valence-corrected chi connectivity index (χ3v) is 3.85. The lowest BCUT2D eigenvalue weighted by molar-refractivity contribution is 0.274. The number of piperidine rings is 1. The molecule has 0 radical (unpaired) electrons. The molecule has 1 saturated heterocycles. The highest BCUT2D eigenvalue weighted by Gasteiger charge is 2.22. The molecule has 0 aromatic heterocycles. The zero-order chi connectivity index (χ0) is 10.6. The molecule has 1 aliphatic rings. The Hall–Kier alpha value is -0.170. The van der Waals surface area contributed by atoms with E-state index in [4.69, 9.17) is 0 Å². The Morgan fingerprint density at radius 2 is 2.21 bits per heavy atom. The van der Waals surface area contributed by atoms with Crippen molar-refractivity contribution in [3.8, 4) is 0 Å². The van der Waals surface area contributed by atoms with E-state index in [1.54, 1.807) is 0 Å². The first kappa shape index (κ1) is 11.9. The summed E-state index contributed by atoms with van der Waals surface area (Å²) in [7, 11) is -1.85. The monoisotopic (exact) mass is 221 g/mol. The molecule has 2 unspecified atom stereocenters. The van der Waals surface area contributed by atoms with E-state index in [1.165, 1.54) is 7.05 Å². The summed E-state index contributed by atoms with van der Waals surface area (Å²) in [5, 5.41) is 3.28. The van der Waals surface area contributed by atoms with Crippen molar-refractivity contribution in [2.24, 2.45) is 11.8 Å². The largest absolute Gasteiger partial charge is 0.316 e. The van der Waals surface area contributed by atoms with Crippen molar-refractivity contribution in [1.29, 1.82) is 0 Å². The van der Waals surface area contributed by atoms with Gasteiger partial charge in [0, 0.05) is 13.6 Å². The molecule has 14 heavy (non-hydrogen) atoms. The fourth-order valence-electron chi connectivity index (χ4n) is 1.66. The Bertz CT molecular complexity index is 266. The molecule has 84 valence electrons. The fraction of sp³-hybridized carbons (Fsp3) is 1.00. The third-order valence-electron chi connectivity index (χ3n) is 2.77. The van der Waals surface area contributed by atoms with Crippen LogP contribution in [0.4, 0.5) is 0 Å². The molecule has 1 rings (SSSR count). The Balaban J connectivity index is 2.36. The van der Waals surface area contributed by atoms with E-state index in [0.29, 0.717) is 18.4 Å². The van der Waals surface area contributed by atoms with E-state index in [0.717, 1.165) is 19.5 Å². The van der Waals surface area contributed by atoms with Crippen LogP contribution in [0.5, 0.6) is 0 Å². The minimum atomic E-state index is -3.26. The Labute approximate surface area is 85.8 Å². The molecule has 0 spiro atoms. The van der Waals surface area contributed by atoms with E-state index in [2.05, 4.69) is 21.7 Å². The molecule has 0 aromatic rings. The lowest BCUT2D eigenvalue weighted by Gasteiger charge is -2.29. The molecule has 6 heteroatoms. The van der Waals surface area contributed by atoms with Gasteiger partial charge in [0.2, 0.25) is 0 Å². The summed E-state index contributed by atoms with van der Waals surface area (Å²) in [4.78, 5) is 0. The van der Waals surface area contributed by atoms with Crippen LogP contribution < -0.4 is 14.8 Å². The Morgan fingerprint density at radius 1 is 1.50 bits per heavy atom. The molecule has 0 aromatic carbocycles. The van der Waals surface area contributed by atoms with Crippen molar-refractivity contribution in [2.45, 2.75) is 13.3 Å². The highest BCUT2D eigenvalue weighted by Crippen LogP contribution is 2.17. The molecular formula is C8H19N3O2S. The summed E-state index contributed by atoms with van der Waals surface area (Å²) in [5.74, 6) is 0.975. The first-order valence-electron chi connectivity index (χ1n) is 4.94. The fourth-order valence-corrected chi connectivity index (χ4v) is 2.24. The van der Waals surface area contributed by atoms with Crippen molar-refractivity contribution in [3.05, 3.63) is 0 Å². The summed E-state index contributed by atoms with van der Waals surface area (Å²) < 4.78 is 27.0. The standard InChI is InChI=1S/C8H19N3O2S/c1-7-5-10-4-3-8(7)6-11-14(12,13)9-2/h7-11H,3-6H2,1-2H3. The van der Waals surface area contributed by atoms with Gasteiger partial charge in [0.15, 0.2) is 0 Å². The highest BCUT2D eigenvalue weighted by molar-refractivity contribution is 7.87. The van der Waals surface area contributed by atoms with E-state index in [9.17, 15) is 8.42 Å². The van der Waals surface area contributed by atoms with Crippen LogP contribution in [0, 0.1) is 11.8 Å². The van der Waals surface area contributed by atoms with Crippen molar-refractivity contribution in [1.82, 2.24) is 14.8 Å². The van der Waals surface area contributed by atoms with Crippen molar-refractivity contribution >= 4 is 10.2 Å². The second-order valence-corrected chi connectivity index (χ2v) is 5.49. The van der Waals surface area contributed by atoms with Gasteiger partial charge in [0.1, 0.15) is 0 Å². The summed E-state index contributed by atoms with van der Waals surface area (Å²) in [6.07, 6.45) is 1.04. The SMILES string of the molecule is CNS(=O)(=O)NCC1CCNCC1C. The first-order valence-corrected chi connectivity index (χ1v) is 6.42. The number of nitrogens with one attached hydrogen (secondary N) is 3. The summed E-state index contributed by atoms with van der Waals surface area (Å²) in [6.45, 7) is 4.64. The van der Waals surface area contributed by atoms with E-state index in [1.807, 2.05) is 0 Å². The molecule has 2 atom stereocenters. The molecule has 0 amide bonds. The zero-order valence-electron chi connectivity index (χ0n) is 8.71. The lowest BCUT2D eigenvalue weighted by Crippen LogP contribution is -2.43. The minimum absolute atomic E-state index is 0.444. The zero-order valence-corrected chi connectivity index (χ0v) is 9.52. The summed E-state index contributed by atoms with van der Waals surface area (Å²) >= 11 is 0. The van der Waals surface area contributed by atoms with E-state index >= 15 is 0 Å². The van der Waals surface area contributed by atoms with Crippen molar-refractivity contribution < 1.29 is 8.42 Å². The molecular weight excluding hydrogens is 202 g/mol. The maximum absolute atomic E-state index is 11.1. The molecule has 0 saturated carbocycles. The van der Waals surface area contributed by atoms with Gasteiger partial charge in [-0.1, -0.05) is 6.92 Å². The number of hydrogen-bond acceptors (Lipinski definition) is 3. The van der Waals surface area contributed by atoms with Crippen LogP contribution in [-0.2, 0) is 10.2 Å². The number of rotatable bonds is 4. The van der Waals surface area contributed by atoms with Gasteiger partial charge < -0.3 is 5.32 Å². The maximum Gasteiger partial charge on any atom is 0.276 e. The summed E-state index contributed by atoms with van der Waals surface area (Å²) in [6, 6.07) is 0. The van der Waals surface area contributed by atoms with Crippen LogP contribution in [0.2, 0.25) is 0 Å². The average Bonchev–Trinajstić information content (AvgIpc) is 2.17. The molecule has 1 aliphatic heterocycles. The molecule has 3 N–H and O–H groups in total. The van der Waals surface area contributed by atoms with Crippen LogP contribution in [0.3, 0.4) is 0 Å². The predicted octanol–water partition coefficient (Wildman–Crippen LogP) is -0.714. The summed E-state index contributed by atoms with van der Waals surface area (Å²) in [5.41, 5.74) is 0. The van der Waals surface area contributed by atoms with Gasteiger partial charge in [-0.15, -0.1) is 0 Å². The quantitative estimate of drug-likeness (QED) is 0.587. The minimum Gasteiger partial charge on any atom is -0.316 e. The van der Waals surface area contributed by atoms with Crippen molar-refractivity contribution in [3.63, 3.8) is 0 Å². The molecule has 1 fully saturated rings. The Kier molecular flexibility index (Phi) is 4.31. The third kappa shape index (κ3) is 3.53. The normalized spacial score (nSPS) is 29.0. The van der Waals surface area contributed by atoms with Crippen molar-refractivity contribution in [2.75, 3.05) is 26.7 Å². The second kappa shape index (κ2) is 5.06. The van der Waals surface area contributed by atoms with Crippen LogP contribution in [-0.4, -0.2) is 35.1 Å². The van der Waals surface area contributed by atoms with Crippen LogP contribution in [0.1, 0.15) is 13.3 Å². The van der Waals surface area contributed by atoms with Gasteiger partial charge in [0.05, 0.1) is 0 Å². The van der Waals surface area contributed by atoms with Gasteiger partial charge in [0.25, 0.3) is 10.2 Å². The maximum atomic E-state index is 11.1. The number of hydrogen-bond donors (Lipinski definition) is 3. The lowest BCUT2D eigenvalue weighted by atomic mass is 9.88. The van der Waals surface area contributed by atoms with Gasteiger partial charge in [-0.05, 0) is 31.3 Å². The van der Waals surface area contributed by atoms with E-state index < -0.39 is 10.2 Å².